The zero-order valence-electron chi connectivity index (χ0n) is 22.7. The summed E-state index contributed by atoms with van der Waals surface area (Å²) in [5.74, 6) is -1.93. The Morgan fingerprint density at radius 1 is 1.16 bits per heavy atom. The predicted molar refractivity (Wildman–Crippen MR) is 145 cm³/mol. The molecule has 4 rings (SSSR count). The molecule has 0 saturated heterocycles. The van der Waals surface area contributed by atoms with Crippen LogP contribution >= 0.6 is 0 Å². The van der Waals surface area contributed by atoms with Crippen molar-refractivity contribution in [1.29, 1.82) is 5.26 Å². The standard InChI is InChI=1S/C29H36N6O3/c1-29(2,3)38-33-24(18-9-7-6-8-10-18)19-11-14-21(15-12-19)34(4)26-23(27(31)36)28(37)35(5)22-16-13-20(17-30)32-25(22)26/h6-10,13,16,19,21,23,26H,11-12,14-15H2,1-5H3,(H2,31,36)/b33-24+/t19-,21+,23?,26?. The van der Waals surface area contributed by atoms with Crippen LogP contribution in [0.15, 0.2) is 47.6 Å². The van der Waals surface area contributed by atoms with Gasteiger partial charge in [-0.3, -0.25) is 14.5 Å². The van der Waals surface area contributed by atoms with E-state index >= 15 is 0 Å². The maximum atomic E-state index is 13.2. The molecule has 1 saturated carbocycles. The summed E-state index contributed by atoms with van der Waals surface area (Å²) in [7, 11) is 3.53. The number of primary amides is 1. The van der Waals surface area contributed by atoms with Gasteiger partial charge in [0, 0.05) is 19.0 Å². The number of anilines is 1. The van der Waals surface area contributed by atoms with E-state index in [0.29, 0.717) is 11.4 Å². The van der Waals surface area contributed by atoms with Crippen LogP contribution in [0, 0.1) is 23.2 Å². The van der Waals surface area contributed by atoms with Gasteiger partial charge in [0.25, 0.3) is 0 Å². The Hall–Kier alpha value is -3.77. The van der Waals surface area contributed by atoms with E-state index < -0.39 is 23.5 Å². The highest BCUT2D eigenvalue weighted by molar-refractivity contribution is 6.09. The average molecular weight is 517 g/mol. The summed E-state index contributed by atoms with van der Waals surface area (Å²) in [6.07, 6.45) is 3.41. The second kappa shape index (κ2) is 10.9. The number of pyridine rings is 1. The van der Waals surface area contributed by atoms with Gasteiger partial charge in [-0.05, 0) is 71.2 Å². The third-order valence-corrected chi connectivity index (χ3v) is 7.46. The first-order valence-corrected chi connectivity index (χ1v) is 13.0. The fraction of sp³-hybridized carbons (Fsp3) is 0.483. The highest BCUT2D eigenvalue weighted by atomic mass is 16.6. The molecule has 2 amide bonds. The topological polar surface area (TPSA) is 125 Å². The van der Waals surface area contributed by atoms with E-state index in [-0.39, 0.29) is 23.6 Å². The summed E-state index contributed by atoms with van der Waals surface area (Å²) in [6.45, 7) is 5.94. The molecule has 2 N–H and O–H groups in total. The lowest BCUT2D eigenvalue weighted by molar-refractivity contribution is -0.136. The van der Waals surface area contributed by atoms with Gasteiger partial charge in [0.05, 0.1) is 23.1 Å². The number of benzene rings is 1. The van der Waals surface area contributed by atoms with Crippen LogP contribution in [0.3, 0.4) is 0 Å². The molecule has 0 spiro atoms. The molecule has 2 aromatic rings. The largest absolute Gasteiger partial charge is 0.390 e. The van der Waals surface area contributed by atoms with E-state index in [1.807, 2.05) is 46.0 Å². The minimum atomic E-state index is -1.08. The monoisotopic (exact) mass is 516 g/mol. The first-order chi connectivity index (χ1) is 18.0. The summed E-state index contributed by atoms with van der Waals surface area (Å²) in [5, 5.41) is 14.1. The van der Waals surface area contributed by atoms with E-state index in [1.54, 1.807) is 19.2 Å². The van der Waals surface area contributed by atoms with E-state index in [1.165, 1.54) is 4.90 Å². The summed E-state index contributed by atoms with van der Waals surface area (Å²) in [4.78, 5) is 39.6. The molecule has 2 heterocycles. The number of hydrogen-bond donors (Lipinski definition) is 1. The molecule has 1 aliphatic heterocycles. The average Bonchev–Trinajstić information content (AvgIpc) is 2.90. The molecule has 1 aliphatic carbocycles. The lowest BCUT2D eigenvalue weighted by Gasteiger charge is -2.44. The van der Waals surface area contributed by atoms with Crippen LogP contribution in [-0.4, -0.2) is 53.1 Å². The van der Waals surface area contributed by atoms with E-state index in [4.69, 9.17) is 10.6 Å². The minimum absolute atomic E-state index is 0.0928. The van der Waals surface area contributed by atoms with Gasteiger partial charge in [-0.1, -0.05) is 35.5 Å². The Morgan fingerprint density at radius 3 is 2.39 bits per heavy atom. The van der Waals surface area contributed by atoms with Crippen molar-refractivity contribution in [3.8, 4) is 6.07 Å². The fourth-order valence-corrected chi connectivity index (χ4v) is 5.50. The first kappa shape index (κ1) is 27.3. The van der Waals surface area contributed by atoms with E-state index in [2.05, 4.69) is 33.2 Å². The quantitative estimate of drug-likeness (QED) is 0.354. The summed E-state index contributed by atoms with van der Waals surface area (Å²) < 4.78 is 0. The van der Waals surface area contributed by atoms with Crippen LogP contribution in [0.2, 0.25) is 0 Å². The minimum Gasteiger partial charge on any atom is -0.390 e. The molecule has 2 aliphatic rings. The van der Waals surface area contributed by atoms with Crippen LogP contribution in [0.1, 0.15) is 69.4 Å². The second-order valence-corrected chi connectivity index (χ2v) is 11.2. The van der Waals surface area contributed by atoms with Crippen LogP contribution < -0.4 is 10.6 Å². The molecule has 2 atom stereocenters. The van der Waals surface area contributed by atoms with E-state index in [9.17, 15) is 14.9 Å². The maximum Gasteiger partial charge on any atom is 0.241 e. The number of rotatable bonds is 6. The number of oxime groups is 1. The van der Waals surface area contributed by atoms with Crippen molar-refractivity contribution in [3.63, 3.8) is 0 Å². The van der Waals surface area contributed by atoms with Gasteiger partial charge in [0.2, 0.25) is 11.8 Å². The van der Waals surface area contributed by atoms with Crippen molar-refractivity contribution >= 4 is 23.2 Å². The van der Waals surface area contributed by atoms with Crippen LogP contribution in [0.5, 0.6) is 0 Å². The smallest absolute Gasteiger partial charge is 0.241 e. The van der Waals surface area contributed by atoms with Crippen LogP contribution in [-0.2, 0) is 14.4 Å². The Bertz CT molecular complexity index is 1260. The normalized spacial score (nSPS) is 24.1. The number of carbonyl (C=O) groups is 2. The highest BCUT2D eigenvalue weighted by Gasteiger charge is 2.47. The molecule has 9 heteroatoms. The predicted octanol–water partition coefficient (Wildman–Crippen LogP) is 3.78. The molecule has 9 nitrogen and oxygen atoms in total. The lowest BCUT2D eigenvalue weighted by Crippen LogP contribution is -2.53. The van der Waals surface area contributed by atoms with Crippen molar-refractivity contribution in [2.75, 3.05) is 19.0 Å². The number of hydrogen-bond acceptors (Lipinski definition) is 7. The molecule has 1 fully saturated rings. The van der Waals surface area contributed by atoms with Crippen molar-refractivity contribution in [2.24, 2.45) is 22.7 Å². The third-order valence-electron chi connectivity index (χ3n) is 7.46. The van der Waals surface area contributed by atoms with Gasteiger partial charge in [0.15, 0.2) is 0 Å². The number of nitriles is 1. The van der Waals surface area contributed by atoms with Crippen molar-refractivity contribution < 1.29 is 14.4 Å². The summed E-state index contributed by atoms with van der Waals surface area (Å²) in [5.41, 5.74) is 8.71. The Balaban J connectivity index is 1.60. The summed E-state index contributed by atoms with van der Waals surface area (Å²) in [6, 6.07) is 14.9. The number of carbonyl (C=O) groups excluding carboxylic acids is 2. The SMILES string of the molecule is CN1C(=O)C(C(N)=O)C(N(C)[C@H]2CC[C@@H](/C(=N/OC(C)(C)C)c3ccccc3)CC2)c2nc(C#N)ccc21. The molecular formula is C29H36N6O3. The molecular weight excluding hydrogens is 480 g/mol. The fourth-order valence-electron chi connectivity index (χ4n) is 5.50. The van der Waals surface area contributed by atoms with Crippen LogP contribution in [0.4, 0.5) is 5.69 Å². The first-order valence-electron chi connectivity index (χ1n) is 13.0. The molecule has 200 valence electrons. The van der Waals surface area contributed by atoms with Crippen molar-refractivity contribution in [3.05, 3.63) is 59.4 Å². The molecule has 38 heavy (non-hydrogen) atoms. The number of amides is 2. The molecule has 0 radical (unpaired) electrons. The summed E-state index contributed by atoms with van der Waals surface area (Å²) >= 11 is 0. The van der Waals surface area contributed by atoms with Gasteiger partial charge in [-0.25, -0.2) is 4.98 Å². The van der Waals surface area contributed by atoms with Gasteiger partial charge in [0.1, 0.15) is 23.3 Å². The number of fused-ring (bicyclic) bond motifs is 1. The van der Waals surface area contributed by atoms with Crippen molar-refractivity contribution in [2.45, 2.75) is 64.1 Å². The van der Waals surface area contributed by atoms with E-state index in [0.717, 1.165) is 37.0 Å². The van der Waals surface area contributed by atoms with Crippen molar-refractivity contribution in [1.82, 2.24) is 9.88 Å². The maximum absolute atomic E-state index is 13.2. The third kappa shape index (κ3) is 5.55. The molecule has 2 unspecified atom stereocenters. The van der Waals surface area contributed by atoms with Gasteiger partial charge in [-0.15, -0.1) is 0 Å². The number of nitrogens with two attached hydrogens (primary N) is 1. The Kier molecular flexibility index (Phi) is 7.83. The molecule has 1 aromatic carbocycles. The highest BCUT2D eigenvalue weighted by Crippen LogP contribution is 2.42. The lowest BCUT2D eigenvalue weighted by atomic mass is 9.79. The number of nitrogens with zero attached hydrogens (tertiary/aromatic N) is 5. The Labute approximate surface area is 224 Å². The zero-order valence-corrected chi connectivity index (χ0v) is 22.7. The van der Waals surface area contributed by atoms with Gasteiger partial charge < -0.3 is 15.5 Å². The van der Waals surface area contributed by atoms with Gasteiger partial charge >= 0.3 is 0 Å². The number of aromatic nitrogens is 1. The molecule has 1 aromatic heterocycles. The zero-order chi connectivity index (χ0) is 27.6. The van der Waals surface area contributed by atoms with Crippen LogP contribution in [0.25, 0.3) is 0 Å². The second-order valence-electron chi connectivity index (χ2n) is 11.2. The Morgan fingerprint density at radius 2 is 1.82 bits per heavy atom. The van der Waals surface area contributed by atoms with Gasteiger partial charge in [-0.2, -0.15) is 5.26 Å². The molecule has 0 bridgehead atoms.